The van der Waals surface area contributed by atoms with E-state index in [1.807, 2.05) is 6.92 Å². The van der Waals surface area contributed by atoms with E-state index in [2.05, 4.69) is 0 Å². The molecule has 1 aliphatic heterocycles. The molecule has 1 N–H and O–H groups in total. The topological polar surface area (TPSA) is 66.8 Å². The van der Waals surface area contributed by atoms with E-state index in [-0.39, 0.29) is 12.0 Å². The highest BCUT2D eigenvalue weighted by molar-refractivity contribution is 8.00. The number of thioether (sulfide) groups is 1. The summed E-state index contributed by atoms with van der Waals surface area (Å²) >= 11 is 1.49. The summed E-state index contributed by atoms with van der Waals surface area (Å²) in [6.07, 6.45) is 0.203. The lowest BCUT2D eigenvalue weighted by Gasteiger charge is -2.25. The predicted octanol–water partition coefficient (Wildman–Crippen LogP) is 1.38. The van der Waals surface area contributed by atoms with Crippen molar-refractivity contribution in [1.29, 1.82) is 0 Å². The van der Waals surface area contributed by atoms with Crippen molar-refractivity contribution in [2.24, 2.45) is 0 Å². The van der Waals surface area contributed by atoms with Gasteiger partial charge < -0.3 is 9.84 Å². The third kappa shape index (κ3) is 2.56. The largest absolute Gasteiger partial charge is 0.480 e. The van der Waals surface area contributed by atoms with E-state index < -0.39 is 18.1 Å². The predicted molar refractivity (Wildman–Crippen MR) is 56.8 cm³/mol. The Morgan fingerprint density at radius 1 is 1.53 bits per heavy atom. The molecule has 0 spiro atoms. The number of hydrogen-bond donors (Lipinski definition) is 1. The SMILES string of the molecule is CCOC(=O)N1C(CC)SCC1C(=O)O. The molecule has 0 aliphatic carbocycles. The molecule has 1 rings (SSSR count). The van der Waals surface area contributed by atoms with Crippen LogP contribution in [0.25, 0.3) is 0 Å². The molecule has 0 radical (unpaired) electrons. The van der Waals surface area contributed by atoms with Crippen LogP contribution in [0.2, 0.25) is 0 Å². The second-order valence-corrected chi connectivity index (χ2v) is 4.37. The molecular formula is C9H15NO4S. The van der Waals surface area contributed by atoms with Crippen LogP contribution in [0.15, 0.2) is 0 Å². The maximum Gasteiger partial charge on any atom is 0.411 e. The summed E-state index contributed by atoms with van der Waals surface area (Å²) in [5, 5.41) is 8.87. The van der Waals surface area contributed by atoms with Crippen molar-refractivity contribution >= 4 is 23.8 Å². The Morgan fingerprint density at radius 2 is 2.20 bits per heavy atom. The molecule has 6 heteroatoms. The first-order valence-corrected chi connectivity index (χ1v) is 5.96. The van der Waals surface area contributed by atoms with Crippen molar-refractivity contribution < 1.29 is 19.4 Å². The molecule has 0 saturated carbocycles. The van der Waals surface area contributed by atoms with Crippen LogP contribution in [0.4, 0.5) is 4.79 Å². The first kappa shape index (κ1) is 12.2. The lowest BCUT2D eigenvalue weighted by Crippen LogP contribution is -2.45. The lowest BCUT2D eigenvalue weighted by molar-refractivity contribution is -0.141. The van der Waals surface area contributed by atoms with Gasteiger partial charge in [0.2, 0.25) is 0 Å². The molecule has 2 atom stereocenters. The quantitative estimate of drug-likeness (QED) is 0.797. The summed E-state index contributed by atoms with van der Waals surface area (Å²) in [7, 11) is 0. The molecule has 15 heavy (non-hydrogen) atoms. The molecule has 1 saturated heterocycles. The average Bonchev–Trinajstić information content (AvgIpc) is 2.61. The summed E-state index contributed by atoms with van der Waals surface area (Å²) in [6.45, 7) is 3.90. The van der Waals surface area contributed by atoms with Crippen LogP contribution in [-0.4, -0.2) is 45.8 Å². The summed E-state index contributed by atoms with van der Waals surface area (Å²) in [6, 6.07) is -0.751. The van der Waals surface area contributed by atoms with Crippen molar-refractivity contribution in [1.82, 2.24) is 4.90 Å². The number of amides is 1. The molecule has 0 aromatic heterocycles. The van der Waals surface area contributed by atoms with E-state index in [0.29, 0.717) is 5.75 Å². The Labute approximate surface area is 92.8 Å². The standard InChI is InChI=1S/C9H15NO4S/c1-3-7-10(9(13)14-4-2)6(5-15-7)8(11)12/h6-7H,3-5H2,1-2H3,(H,11,12). The average molecular weight is 233 g/mol. The number of nitrogens with zero attached hydrogens (tertiary/aromatic N) is 1. The molecular weight excluding hydrogens is 218 g/mol. The molecule has 2 unspecified atom stereocenters. The van der Waals surface area contributed by atoms with E-state index in [1.165, 1.54) is 16.7 Å². The van der Waals surface area contributed by atoms with Gasteiger partial charge in [-0.05, 0) is 13.3 Å². The highest BCUT2D eigenvalue weighted by Crippen LogP contribution is 2.31. The summed E-state index contributed by atoms with van der Waals surface area (Å²) in [5.74, 6) is -0.529. The number of hydrogen-bond acceptors (Lipinski definition) is 4. The highest BCUT2D eigenvalue weighted by atomic mass is 32.2. The third-order valence-electron chi connectivity index (χ3n) is 2.21. The normalized spacial score (nSPS) is 25.3. The van der Waals surface area contributed by atoms with Gasteiger partial charge in [0.25, 0.3) is 0 Å². The van der Waals surface area contributed by atoms with Crippen LogP contribution in [-0.2, 0) is 9.53 Å². The fourth-order valence-electron chi connectivity index (χ4n) is 1.51. The maximum atomic E-state index is 11.6. The van der Waals surface area contributed by atoms with Gasteiger partial charge in [-0.1, -0.05) is 6.92 Å². The summed E-state index contributed by atoms with van der Waals surface area (Å²) in [4.78, 5) is 23.8. The molecule has 1 heterocycles. The minimum absolute atomic E-state index is 0.0786. The minimum atomic E-state index is -0.966. The van der Waals surface area contributed by atoms with E-state index >= 15 is 0 Å². The maximum absolute atomic E-state index is 11.6. The van der Waals surface area contributed by atoms with Crippen LogP contribution in [0.3, 0.4) is 0 Å². The zero-order valence-electron chi connectivity index (χ0n) is 8.80. The first-order chi connectivity index (χ1) is 7.11. The summed E-state index contributed by atoms with van der Waals surface area (Å²) in [5.41, 5.74) is 0. The van der Waals surface area contributed by atoms with Gasteiger partial charge in [-0.3, -0.25) is 4.90 Å². The second kappa shape index (κ2) is 5.25. The van der Waals surface area contributed by atoms with Crippen LogP contribution < -0.4 is 0 Å². The van der Waals surface area contributed by atoms with Gasteiger partial charge in [0.05, 0.1) is 12.0 Å². The second-order valence-electron chi connectivity index (χ2n) is 3.16. The fraction of sp³-hybridized carbons (Fsp3) is 0.778. The molecule has 0 bridgehead atoms. The zero-order chi connectivity index (χ0) is 11.4. The van der Waals surface area contributed by atoms with E-state index in [0.717, 1.165) is 6.42 Å². The number of aliphatic carboxylic acids is 1. The van der Waals surface area contributed by atoms with Crippen LogP contribution >= 0.6 is 11.8 Å². The van der Waals surface area contributed by atoms with Crippen molar-refractivity contribution in [2.45, 2.75) is 31.7 Å². The van der Waals surface area contributed by atoms with Crippen LogP contribution in [0.1, 0.15) is 20.3 Å². The Hall–Kier alpha value is -0.910. The van der Waals surface area contributed by atoms with Gasteiger partial charge in [-0.15, -0.1) is 11.8 Å². The molecule has 0 aromatic carbocycles. The van der Waals surface area contributed by atoms with E-state index in [4.69, 9.17) is 9.84 Å². The lowest BCUT2D eigenvalue weighted by atomic mass is 10.3. The Bertz CT molecular complexity index is 258. The van der Waals surface area contributed by atoms with E-state index in [9.17, 15) is 9.59 Å². The Kier molecular flexibility index (Phi) is 4.26. The van der Waals surface area contributed by atoms with Gasteiger partial charge in [0.15, 0.2) is 0 Å². The van der Waals surface area contributed by atoms with Gasteiger partial charge in [0.1, 0.15) is 6.04 Å². The van der Waals surface area contributed by atoms with Crippen molar-refractivity contribution in [2.75, 3.05) is 12.4 Å². The Morgan fingerprint density at radius 3 is 2.67 bits per heavy atom. The van der Waals surface area contributed by atoms with E-state index in [1.54, 1.807) is 6.92 Å². The number of carboxylic acids is 1. The number of carbonyl (C=O) groups is 2. The van der Waals surface area contributed by atoms with Gasteiger partial charge >= 0.3 is 12.1 Å². The van der Waals surface area contributed by atoms with Gasteiger partial charge in [-0.2, -0.15) is 0 Å². The van der Waals surface area contributed by atoms with Crippen molar-refractivity contribution in [3.63, 3.8) is 0 Å². The minimum Gasteiger partial charge on any atom is -0.480 e. The number of rotatable bonds is 3. The third-order valence-corrected chi connectivity index (χ3v) is 3.66. The molecule has 1 fully saturated rings. The Balaban J connectivity index is 2.76. The molecule has 1 amide bonds. The van der Waals surface area contributed by atoms with Crippen LogP contribution in [0.5, 0.6) is 0 Å². The summed E-state index contributed by atoms with van der Waals surface area (Å²) < 4.78 is 4.85. The fourth-order valence-corrected chi connectivity index (χ4v) is 2.85. The smallest absolute Gasteiger partial charge is 0.411 e. The van der Waals surface area contributed by atoms with Gasteiger partial charge in [0, 0.05) is 5.75 Å². The zero-order valence-corrected chi connectivity index (χ0v) is 9.62. The van der Waals surface area contributed by atoms with Crippen molar-refractivity contribution in [3.8, 4) is 0 Å². The molecule has 5 nitrogen and oxygen atoms in total. The molecule has 0 aromatic rings. The number of ether oxygens (including phenoxy) is 1. The van der Waals surface area contributed by atoms with Crippen molar-refractivity contribution in [3.05, 3.63) is 0 Å². The first-order valence-electron chi connectivity index (χ1n) is 4.91. The molecule has 1 aliphatic rings. The number of carboxylic acid groups (broad SMARTS) is 1. The van der Waals surface area contributed by atoms with Crippen LogP contribution in [0, 0.1) is 0 Å². The van der Waals surface area contributed by atoms with Gasteiger partial charge in [-0.25, -0.2) is 9.59 Å². The number of carbonyl (C=O) groups excluding carboxylic acids is 1. The monoisotopic (exact) mass is 233 g/mol. The molecule has 86 valence electrons. The highest BCUT2D eigenvalue weighted by Gasteiger charge is 2.41.